The Kier molecular flexibility index (Phi) is 4.46. The molecule has 0 atom stereocenters. The maximum atomic E-state index is 12.6. The molecule has 3 aromatic rings. The van der Waals surface area contributed by atoms with Crippen molar-refractivity contribution >= 4 is 16.9 Å². The molecule has 1 fully saturated rings. The van der Waals surface area contributed by atoms with E-state index in [1.54, 1.807) is 17.1 Å². The Bertz CT molecular complexity index is 1060. The van der Waals surface area contributed by atoms with Crippen LogP contribution < -0.4 is 19.5 Å². The number of aryl methyl sites for hydroxylation is 1. The van der Waals surface area contributed by atoms with Crippen LogP contribution in [0.25, 0.3) is 11.0 Å². The van der Waals surface area contributed by atoms with E-state index in [1.165, 1.54) is 0 Å². The summed E-state index contributed by atoms with van der Waals surface area (Å²) in [5, 5.41) is 7.30. The van der Waals surface area contributed by atoms with Crippen molar-refractivity contribution in [3.05, 3.63) is 42.2 Å². The zero-order chi connectivity index (χ0) is 19.8. The van der Waals surface area contributed by atoms with E-state index in [2.05, 4.69) is 15.4 Å². The van der Waals surface area contributed by atoms with Gasteiger partial charge in [-0.2, -0.15) is 5.10 Å². The molecule has 2 aromatic heterocycles. The normalized spacial score (nSPS) is 20.6. The fourth-order valence-corrected chi connectivity index (χ4v) is 3.89. The van der Waals surface area contributed by atoms with Crippen LogP contribution in [-0.2, 0) is 7.05 Å². The summed E-state index contributed by atoms with van der Waals surface area (Å²) in [5.74, 6) is 2.17. The van der Waals surface area contributed by atoms with Gasteiger partial charge in [0.15, 0.2) is 11.5 Å². The minimum Gasteiger partial charge on any atom is -0.490 e. The molecule has 1 aliphatic heterocycles. The number of rotatable bonds is 4. The first-order valence-electron chi connectivity index (χ1n) is 9.80. The van der Waals surface area contributed by atoms with E-state index in [0.717, 1.165) is 54.0 Å². The molecule has 29 heavy (non-hydrogen) atoms. The van der Waals surface area contributed by atoms with Gasteiger partial charge in [0.25, 0.3) is 5.91 Å². The van der Waals surface area contributed by atoms with Gasteiger partial charge in [-0.3, -0.25) is 14.5 Å². The van der Waals surface area contributed by atoms with Gasteiger partial charge >= 0.3 is 0 Å². The third-order valence-electron chi connectivity index (χ3n) is 5.52. The Labute approximate surface area is 167 Å². The van der Waals surface area contributed by atoms with Crippen molar-refractivity contribution in [2.75, 3.05) is 6.79 Å². The largest absolute Gasteiger partial charge is 0.490 e. The maximum absolute atomic E-state index is 12.6. The highest BCUT2D eigenvalue weighted by molar-refractivity contribution is 5.96. The second kappa shape index (κ2) is 7.27. The number of ether oxygens (including phenoxy) is 3. The Morgan fingerprint density at radius 2 is 1.97 bits per heavy atom. The Morgan fingerprint density at radius 1 is 1.14 bits per heavy atom. The molecule has 1 saturated carbocycles. The molecule has 0 bridgehead atoms. The number of hydrogen-bond acceptors (Lipinski definition) is 6. The molecule has 0 unspecified atom stereocenters. The second-order valence-electron chi connectivity index (χ2n) is 7.48. The number of nitrogens with one attached hydrogen (secondary N) is 1. The summed E-state index contributed by atoms with van der Waals surface area (Å²) in [6.07, 6.45) is 6.96. The van der Waals surface area contributed by atoms with Crippen molar-refractivity contribution in [2.45, 2.75) is 37.8 Å². The van der Waals surface area contributed by atoms with Gasteiger partial charge in [-0.05, 0) is 43.9 Å². The minimum absolute atomic E-state index is 0.0965. The highest BCUT2D eigenvalue weighted by atomic mass is 16.7. The summed E-state index contributed by atoms with van der Waals surface area (Å²) in [6.45, 7) is 0.257. The third kappa shape index (κ3) is 3.57. The lowest BCUT2D eigenvalue weighted by atomic mass is 9.92. The van der Waals surface area contributed by atoms with Gasteiger partial charge in [-0.25, -0.2) is 0 Å². The van der Waals surface area contributed by atoms with Gasteiger partial charge in [0, 0.05) is 25.4 Å². The number of carbonyl (C=O) groups is 1. The van der Waals surface area contributed by atoms with Crippen molar-refractivity contribution in [2.24, 2.45) is 7.05 Å². The van der Waals surface area contributed by atoms with Gasteiger partial charge in [-0.1, -0.05) is 0 Å². The Balaban J connectivity index is 1.16. The summed E-state index contributed by atoms with van der Waals surface area (Å²) < 4.78 is 18.6. The van der Waals surface area contributed by atoms with Crippen LogP contribution in [0.5, 0.6) is 17.2 Å². The van der Waals surface area contributed by atoms with Crippen molar-refractivity contribution in [3.63, 3.8) is 0 Å². The smallest absolute Gasteiger partial charge is 0.253 e. The monoisotopic (exact) mass is 394 g/mol. The van der Waals surface area contributed by atoms with E-state index < -0.39 is 0 Å². The molecule has 1 aliphatic carbocycles. The third-order valence-corrected chi connectivity index (χ3v) is 5.52. The maximum Gasteiger partial charge on any atom is 0.253 e. The van der Waals surface area contributed by atoms with Crippen LogP contribution in [0.4, 0.5) is 0 Å². The van der Waals surface area contributed by atoms with Crippen molar-refractivity contribution < 1.29 is 19.0 Å². The van der Waals surface area contributed by atoms with Gasteiger partial charge < -0.3 is 19.5 Å². The predicted octanol–water partition coefficient (Wildman–Crippen LogP) is 2.82. The predicted molar refractivity (Wildman–Crippen MR) is 105 cm³/mol. The van der Waals surface area contributed by atoms with Crippen LogP contribution in [-0.4, -0.2) is 39.6 Å². The average molecular weight is 394 g/mol. The number of amides is 1. The first-order chi connectivity index (χ1) is 14.2. The van der Waals surface area contributed by atoms with Gasteiger partial charge in [0.05, 0.1) is 23.4 Å². The molecule has 8 heteroatoms. The molecule has 1 N–H and O–H groups in total. The lowest BCUT2D eigenvalue weighted by Crippen LogP contribution is -2.39. The number of fused-ring (bicyclic) bond motifs is 2. The lowest BCUT2D eigenvalue weighted by molar-refractivity contribution is 0.0893. The molecule has 5 rings (SSSR count). The van der Waals surface area contributed by atoms with E-state index in [-0.39, 0.29) is 24.8 Å². The molecule has 2 aliphatic rings. The van der Waals surface area contributed by atoms with Crippen LogP contribution in [0.15, 0.2) is 36.7 Å². The van der Waals surface area contributed by atoms with Crippen molar-refractivity contribution in [1.82, 2.24) is 20.1 Å². The van der Waals surface area contributed by atoms with E-state index in [9.17, 15) is 4.79 Å². The molecule has 1 amide bonds. The van der Waals surface area contributed by atoms with Crippen LogP contribution >= 0.6 is 0 Å². The van der Waals surface area contributed by atoms with Crippen LogP contribution in [0.3, 0.4) is 0 Å². The SMILES string of the molecule is Cn1ncc2ncc(C(=O)NC3CCC(Oc4ccc5c(c4)OCO5)CC3)cc21. The lowest BCUT2D eigenvalue weighted by Gasteiger charge is -2.29. The summed E-state index contributed by atoms with van der Waals surface area (Å²) >= 11 is 0. The zero-order valence-corrected chi connectivity index (χ0v) is 16.1. The second-order valence-corrected chi connectivity index (χ2v) is 7.48. The number of benzene rings is 1. The summed E-state index contributed by atoms with van der Waals surface area (Å²) in [5.41, 5.74) is 2.18. The number of nitrogens with zero attached hydrogens (tertiary/aromatic N) is 3. The highest BCUT2D eigenvalue weighted by Gasteiger charge is 2.25. The van der Waals surface area contributed by atoms with E-state index in [4.69, 9.17) is 14.2 Å². The Hall–Kier alpha value is -3.29. The summed E-state index contributed by atoms with van der Waals surface area (Å²) in [7, 11) is 1.84. The van der Waals surface area contributed by atoms with Crippen LogP contribution in [0.1, 0.15) is 36.0 Å². The quantitative estimate of drug-likeness (QED) is 0.732. The van der Waals surface area contributed by atoms with Gasteiger partial charge in [-0.15, -0.1) is 0 Å². The topological polar surface area (TPSA) is 87.5 Å². The number of aromatic nitrogens is 3. The molecule has 150 valence electrons. The van der Waals surface area contributed by atoms with Crippen LogP contribution in [0.2, 0.25) is 0 Å². The Morgan fingerprint density at radius 3 is 2.83 bits per heavy atom. The van der Waals surface area contributed by atoms with Crippen molar-refractivity contribution in [3.8, 4) is 17.2 Å². The zero-order valence-electron chi connectivity index (χ0n) is 16.1. The van der Waals surface area contributed by atoms with Gasteiger partial charge in [0.1, 0.15) is 11.3 Å². The fourth-order valence-electron chi connectivity index (χ4n) is 3.89. The first kappa shape index (κ1) is 17.8. The molecule has 0 saturated heterocycles. The highest BCUT2D eigenvalue weighted by Crippen LogP contribution is 2.36. The average Bonchev–Trinajstić information content (AvgIpc) is 3.35. The number of carbonyl (C=O) groups excluding carboxylic acids is 1. The molecular formula is C21H22N4O4. The minimum atomic E-state index is -0.0965. The summed E-state index contributed by atoms with van der Waals surface area (Å²) in [4.78, 5) is 16.9. The molecule has 0 spiro atoms. The molecule has 1 aromatic carbocycles. The molecule has 8 nitrogen and oxygen atoms in total. The van der Waals surface area contributed by atoms with E-state index in [0.29, 0.717) is 5.56 Å². The molecular weight excluding hydrogens is 372 g/mol. The van der Waals surface area contributed by atoms with Gasteiger partial charge in [0.2, 0.25) is 6.79 Å². The summed E-state index contributed by atoms with van der Waals surface area (Å²) in [6, 6.07) is 7.62. The number of hydrogen-bond donors (Lipinski definition) is 1. The molecule has 3 heterocycles. The van der Waals surface area contributed by atoms with Crippen LogP contribution in [0, 0.1) is 0 Å². The first-order valence-corrected chi connectivity index (χ1v) is 9.80. The molecule has 0 radical (unpaired) electrons. The van der Waals surface area contributed by atoms with E-state index >= 15 is 0 Å². The fraction of sp³-hybridized carbons (Fsp3) is 0.381. The van der Waals surface area contributed by atoms with Crippen molar-refractivity contribution in [1.29, 1.82) is 0 Å². The van der Waals surface area contributed by atoms with E-state index in [1.807, 2.05) is 31.3 Å². The number of pyridine rings is 1. The standard InChI is InChI=1S/C21H22N4O4/c1-25-18-8-13(10-22-17(18)11-23-25)21(26)24-14-2-4-15(5-3-14)29-16-6-7-19-20(9-16)28-12-27-19/h6-11,14-15H,2-5,12H2,1H3,(H,24,26).